The van der Waals surface area contributed by atoms with Crippen LogP contribution in [0.1, 0.15) is 5.56 Å². The van der Waals surface area contributed by atoms with Gasteiger partial charge in [-0.1, -0.05) is 0 Å². The Morgan fingerprint density at radius 1 is 1.24 bits per heavy atom. The van der Waals surface area contributed by atoms with Gasteiger partial charge >= 0.3 is 0 Å². The number of rotatable bonds is 2. The van der Waals surface area contributed by atoms with Gasteiger partial charge in [0.25, 0.3) is 0 Å². The number of nitrogen functional groups attached to an aromatic ring is 1. The molecule has 0 aliphatic rings. The van der Waals surface area contributed by atoms with Crippen LogP contribution in [0.4, 0.5) is 10.1 Å². The minimum Gasteiger partial charge on any atom is -0.456 e. The minimum atomic E-state index is -0.623. The minimum absolute atomic E-state index is 0.0250. The summed E-state index contributed by atoms with van der Waals surface area (Å²) in [5, 5.41) is 8.58. The SMILES string of the molecule is N#Cc1ccc(Oc2cncc(N)c2)cc1F. The van der Waals surface area contributed by atoms with E-state index >= 15 is 0 Å². The van der Waals surface area contributed by atoms with Crippen LogP contribution in [0.5, 0.6) is 11.5 Å². The zero-order valence-electron chi connectivity index (χ0n) is 8.72. The van der Waals surface area contributed by atoms with Gasteiger partial charge in [-0.25, -0.2) is 4.39 Å². The molecule has 0 saturated heterocycles. The van der Waals surface area contributed by atoms with Gasteiger partial charge in [0.2, 0.25) is 0 Å². The van der Waals surface area contributed by atoms with Crippen LogP contribution in [0.3, 0.4) is 0 Å². The van der Waals surface area contributed by atoms with Crippen molar-refractivity contribution in [2.24, 2.45) is 0 Å². The normalized spacial score (nSPS) is 9.65. The number of nitriles is 1. The monoisotopic (exact) mass is 229 g/mol. The summed E-state index contributed by atoms with van der Waals surface area (Å²) in [5.41, 5.74) is 5.96. The molecule has 0 bridgehead atoms. The Kier molecular flexibility index (Phi) is 2.88. The lowest BCUT2D eigenvalue weighted by atomic mass is 10.2. The van der Waals surface area contributed by atoms with Crippen molar-refractivity contribution in [3.05, 3.63) is 48.0 Å². The Hall–Kier alpha value is -2.61. The van der Waals surface area contributed by atoms with E-state index in [0.717, 1.165) is 6.07 Å². The number of pyridine rings is 1. The van der Waals surface area contributed by atoms with Crippen LogP contribution in [-0.4, -0.2) is 4.98 Å². The van der Waals surface area contributed by atoms with Crippen LogP contribution < -0.4 is 10.5 Å². The molecule has 0 fully saturated rings. The second kappa shape index (κ2) is 4.49. The Morgan fingerprint density at radius 2 is 2.06 bits per heavy atom. The number of halogens is 1. The summed E-state index contributed by atoms with van der Waals surface area (Å²) in [5.74, 6) is 0.0740. The lowest BCUT2D eigenvalue weighted by molar-refractivity contribution is 0.474. The molecule has 0 atom stereocenters. The van der Waals surface area contributed by atoms with Crippen LogP contribution >= 0.6 is 0 Å². The molecule has 1 aromatic carbocycles. The van der Waals surface area contributed by atoms with Crippen LogP contribution in [0.2, 0.25) is 0 Å². The maximum atomic E-state index is 13.3. The number of benzene rings is 1. The molecule has 0 aliphatic heterocycles. The molecular formula is C12H8FN3O. The van der Waals surface area contributed by atoms with Crippen molar-refractivity contribution < 1.29 is 9.13 Å². The number of hydrogen-bond acceptors (Lipinski definition) is 4. The zero-order valence-corrected chi connectivity index (χ0v) is 8.72. The molecule has 2 N–H and O–H groups in total. The first kappa shape index (κ1) is 10.9. The number of nitrogens with two attached hydrogens (primary N) is 1. The van der Waals surface area contributed by atoms with E-state index in [9.17, 15) is 4.39 Å². The third-order valence-corrected chi connectivity index (χ3v) is 2.03. The molecule has 5 heteroatoms. The standard InChI is InChI=1S/C12H8FN3O/c13-12-4-10(2-1-8(12)5-14)17-11-3-9(15)6-16-7-11/h1-4,6-7H,15H2. The highest BCUT2D eigenvalue weighted by Crippen LogP contribution is 2.23. The predicted molar refractivity (Wildman–Crippen MR) is 59.8 cm³/mol. The van der Waals surface area contributed by atoms with Crippen LogP contribution in [0.15, 0.2) is 36.7 Å². The fourth-order valence-electron chi connectivity index (χ4n) is 1.28. The van der Waals surface area contributed by atoms with Crippen molar-refractivity contribution in [2.45, 2.75) is 0 Å². The highest BCUT2D eigenvalue weighted by Gasteiger charge is 2.04. The van der Waals surface area contributed by atoms with E-state index in [-0.39, 0.29) is 11.3 Å². The quantitative estimate of drug-likeness (QED) is 0.858. The molecular weight excluding hydrogens is 221 g/mol. The molecule has 0 aliphatic carbocycles. The Bertz CT molecular complexity index is 593. The Labute approximate surface area is 97.1 Å². The average molecular weight is 229 g/mol. The van der Waals surface area contributed by atoms with Gasteiger partial charge in [0.15, 0.2) is 0 Å². The highest BCUT2D eigenvalue weighted by atomic mass is 19.1. The maximum Gasteiger partial charge on any atom is 0.147 e. The lowest BCUT2D eigenvalue weighted by Crippen LogP contribution is -1.91. The summed E-state index contributed by atoms with van der Waals surface area (Å²) >= 11 is 0. The second-order valence-corrected chi connectivity index (χ2v) is 3.31. The molecule has 0 unspecified atom stereocenters. The highest BCUT2D eigenvalue weighted by molar-refractivity contribution is 5.43. The van der Waals surface area contributed by atoms with E-state index in [2.05, 4.69) is 4.98 Å². The first-order valence-electron chi connectivity index (χ1n) is 4.77. The molecule has 2 aromatic rings. The van der Waals surface area contributed by atoms with E-state index in [0.29, 0.717) is 11.4 Å². The fraction of sp³-hybridized carbons (Fsp3) is 0. The van der Waals surface area contributed by atoms with Crippen molar-refractivity contribution in [1.82, 2.24) is 4.98 Å². The number of anilines is 1. The molecule has 0 saturated carbocycles. The summed E-state index contributed by atoms with van der Waals surface area (Å²) in [6, 6.07) is 7.30. The molecule has 2 rings (SSSR count). The first-order valence-corrected chi connectivity index (χ1v) is 4.77. The lowest BCUT2D eigenvalue weighted by Gasteiger charge is -2.05. The van der Waals surface area contributed by atoms with Gasteiger partial charge < -0.3 is 10.5 Å². The maximum absolute atomic E-state index is 13.3. The van der Waals surface area contributed by atoms with Gasteiger partial charge in [-0.15, -0.1) is 0 Å². The van der Waals surface area contributed by atoms with E-state index in [1.165, 1.54) is 24.5 Å². The van der Waals surface area contributed by atoms with Gasteiger partial charge in [-0.2, -0.15) is 5.26 Å². The van der Waals surface area contributed by atoms with Crippen molar-refractivity contribution in [3.8, 4) is 17.6 Å². The molecule has 1 heterocycles. The second-order valence-electron chi connectivity index (χ2n) is 3.31. The molecule has 84 valence electrons. The predicted octanol–water partition coefficient (Wildman–Crippen LogP) is 2.47. The van der Waals surface area contributed by atoms with Crippen molar-refractivity contribution >= 4 is 5.69 Å². The van der Waals surface area contributed by atoms with Gasteiger partial charge in [-0.3, -0.25) is 4.98 Å². The van der Waals surface area contributed by atoms with Crippen LogP contribution in [-0.2, 0) is 0 Å². The molecule has 0 amide bonds. The Morgan fingerprint density at radius 3 is 2.71 bits per heavy atom. The fourth-order valence-corrected chi connectivity index (χ4v) is 1.28. The van der Waals surface area contributed by atoms with Gasteiger partial charge in [-0.05, 0) is 12.1 Å². The average Bonchev–Trinajstić information content (AvgIpc) is 2.29. The van der Waals surface area contributed by atoms with E-state index in [1.807, 2.05) is 0 Å². The van der Waals surface area contributed by atoms with Crippen LogP contribution in [0.25, 0.3) is 0 Å². The van der Waals surface area contributed by atoms with Crippen molar-refractivity contribution in [3.63, 3.8) is 0 Å². The number of hydrogen-bond donors (Lipinski definition) is 1. The summed E-state index contributed by atoms with van der Waals surface area (Å²) in [4.78, 5) is 3.84. The third-order valence-electron chi connectivity index (χ3n) is 2.03. The Balaban J connectivity index is 2.25. The molecule has 0 spiro atoms. The third kappa shape index (κ3) is 2.49. The van der Waals surface area contributed by atoms with E-state index in [4.69, 9.17) is 15.7 Å². The summed E-state index contributed by atoms with van der Waals surface area (Å²) in [7, 11) is 0. The number of nitrogens with zero attached hydrogens (tertiary/aromatic N) is 2. The van der Waals surface area contributed by atoms with E-state index < -0.39 is 5.82 Å². The largest absolute Gasteiger partial charge is 0.456 e. The molecule has 4 nitrogen and oxygen atoms in total. The topological polar surface area (TPSA) is 71.9 Å². The summed E-state index contributed by atoms with van der Waals surface area (Å²) < 4.78 is 18.6. The first-order chi connectivity index (χ1) is 8.19. The van der Waals surface area contributed by atoms with Crippen molar-refractivity contribution in [2.75, 3.05) is 5.73 Å². The van der Waals surface area contributed by atoms with Crippen LogP contribution in [0, 0.1) is 17.1 Å². The number of ether oxygens (including phenoxy) is 1. The zero-order chi connectivity index (χ0) is 12.3. The van der Waals surface area contributed by atoms with E-state index in [1.54, 1.807) is 12.1 Å². The van der Waals surface area contributed by atoms with Gasteiger partial charge in [0.1, 0.15) is 23.4 Å². The smallest absolute Gasteiger partial charge is 0.147 e. The molecule has 1 aromatic heterocycles. The van der Waals surface area contributed by atoms with Gasteiger partial charge in [0, 0.05) is 12.1 Å². The number of aromatic nitrogens is 1. The molecule has 17 heavy (non-hydrogen) atoms. The summed E-state index contributed by atoms with van der Waals surface area (Å²) in [6.07, 6.45) is 2.94. The van der Waals surface area contributed by atoms with Gasteiger partial charge in [0.05, 0.1) is 23.6 Å². The molecule has 0 radical (unpaired) electrons. The van der Waals surface area contributed by atoms with Crippen molar-refractivity contribution in [1.29, 1.82) is 5.26 Å². The summed E-state index contributed by atoms with van der Waals surface area (Å²) in [6.45, 7) is 0.